The maximum absolute atomic E-state index is 11.9. The summed E-state index contributed by atoms with van der Waals surface area (Å²) >= 11 is 0. The van der Waals surface area contributed by atoms with Gasteiger partial charge in [-0.25, -0.2) is 4.79 Å². The maximum atomic E-state index is 11.9. The quantitative estimate of drug-likeness (QED) is 0.847. The van der Waals surface area contributed by atoms with Crippen molar-refractivity contribution in [2.24, 2.45) is 10.9 Å². The minimum absolute atomic E-state index is 0.138. The Balaban J connectivity index is 2.03. The third kappa shape index (κ3) is 4.21. The van der Waals surface area contributed by atoms with Crippen LogP contribution in [0.25, 0.3) is 0 Å². The lowest BCUT2D eigenvalue weighted by Gasteiger charge is -2.25. The first-order chi connectivity index (χ1) is 12.1. The van der Waals surface area contributed by atoms with Gasteiger partial charge in [-0.1, -0.05) is 60.7 Å². The summed E-state index contributed by atoms with van der Waals surface area (Å²) in [4.78, 5) is 28.3. The molecule has 128 valence electrons. The van der Waals surface area contributed by atoms with Gasteiger partial charge in [0.05, 0.1) is 5.71 Å². The van der Waals surface area contributed by atoms with Crippen LogP contribution >= 0.6 is 0 Å². The van der Waals surface area contributed by atoms with Crippen LogP contribution in [-0.4, -0.2) is 28.6 Å². The lowest BCUT2D eigenvalue weighted by atomic mass is 9.83. The van der Waals surface area contributed by atoms with Gasteiger partial charge in [-0.05, 0) is 18.8 Å². The van der Waals surface area contributed by atoms with Gasteiger partial charge in [-0.15, -0.1) is 0 Å². The van der Waals surface area contributed by atoms with Crippen molar-refractivity contribution in [1.82, 2.24) is 0 Å². The minimum atomic E-state index is -0.968. The van der Waals surface area contributed by atoms with Gasteiger partial charge in [-0.3, -0.25) is 9.79 Å². The molecule has 0 unspecified atom stereocenters. The van der Waals surface area contributed by atoms with E-state index in [1.165, 1.54) is 0 Å². The zero-order chi connectivity index (χ0) is 17.6. The number of carbonyl (C=O) groups is 2. The second-order valence-electron chi connectivity index (χ2n) is 6.39. The van der Waals surface area contributed by atoms with Crippen molar-refractivity contribution in [2.45, 2.75) is 31.7 Å². The van der Waals surface area contributed by atoms with Gasteiger partial charge >= 0.3 is 5.97 Å². The molecule has 0 aliphatic heterocycles. The Kier molecular flexibility index (Phi) is 5.39. The van der Waals surface area contributed by atoms with Crippen LogP contribution in [0, 0.1) is 5.92 Å². The molecule has 0 heterocycles. The van der Waals surface area contributed by atoms with Crippen LogP contribution in [0.2, 0.25) is 0 Å². The van der Waals surface area contributed by atoms with Crippen LogP contribution in [0.3, 0.4) is 0 Å². The van der Waals surface area contributed by atoms with Crippen molar-refractivity contribution in [1.29, 1.82) is 0 Å². The highest BCUT2D eigenvalue weighted by atomic mass is 16.4. The molecule has 1 N–H and O–H groups in total. The second kappa shape index (κ2) is 7.88. The zero-order valence-electron chi connectivity index (χ0n) is 14.0. The van der Waals surface area contributed by atoms with E-state index in [1.807, 2.05) is 60.7 Å². The number of aliphatic carboxylic acids is 1. The van der Waals surface area contributed by atoms with Crippen molar-refractivity contribution in [2.75, 3.05) is 0 Å². The van der Waals surface area contributed by atoms with Crippen LogP contribution in [0.15, 0.2) is 65.7 Å². The van der Waals surface area contributed by atoms with E-state index < -0.39 is 12.0 Å². The summed E-state index contributed by atoms with van der Waals surface area (Å²) in [6, 6.07) is 18.3. The van der Waals surface area contributed by atoms with Crippen molar-refractivity contribution in [3.05, 3.63) is 71.8 Å². The minimum Gasteiger partial charge on any atom is -0.480 e. The zero-order valence-corrected chi connectivity index (χ0v) is 14.0. The smallest absolute Gasteiger partial charge is 0.328 e. The van der Waals surface area contributed by atoms with E-state index in [4.69, 9.17) is 0 Å². The molecule has 0 spiro atoms. The number of carboxylic acids is 1. The van der Waals surface area contributed by atoms with E-state index in [-0.39, 0.29) is 11.7 Å². The Morgan fingerprint density at radius 1 is 1.00 bits per heavy atom. The monoisotopic (exact) mass is 335 g/mol. The fourth-order valence-electron chi connectivity index (χ4n) is 3.34. The summed E-state index contributed by atoms with van der Waals surface area (Å²) in [7, 11) is 0. The van der Waals surface area contributed by atoms with Crippen LogP contribution in [0.4, 0.5) is 0 Å². The number of hydrogen-bond acceptors (Lipinski definition) is 3. The molecule has 3 rings (SSSR count). The predicted molar refractivity (Wildman–Crippen MR) is 96.9 cm³/mol. The molecule has 2 aromatic rings. The first-order valence-corrected chi connectivity index (χ1v) is 8.58. The Morgan fingerprint density at radius 2 is 1.56 bits per heavy atom. The highest BCUT2D eigenvalue weighted by Gasteiger charge is 2.32. The molecule has 0 saturated heterocycles. The van der Waals surface area contributed by atoms with Crippen LogP contribution < -0.4 is 0 Å². The summed E-state index contributed by atoms with van der Waals surface area (Å²) in [5.41, 5.74) is 2.41. The number of benzene rings is 2. The highest BCUT2D eigenvalue weighted by Crippen LogP contribution is 2.27. The fourth-order valence-corrected chi connectivity index (χ4v) is 3.34. The lowest BCUT2D eigenvalue weighted by Crippen LogP contribution is -2.33. The number of rotatable bonds is 5. The summed E-state index contributed by atoms with van der Waals surface area (Å²) in [6.45, 7) is 0. The Morgan fingerprint density at radius 3 is 2.04 bits per heavy atom. The molecule has 1 aliphatic carbocycles. The van der Waals surface area contributed by atoms with E-state index in [0.717, 1.165) is 24.0 Å². The number of aliphatic imine (C=N–C) groups is 1. The van der Waals surface area contributed by atoms with E-state index in [0.29, 0.717) is 18.6 Å². The van der Waals surface area contributed by atoms with Crippen LogP contribution in [0.5, 0.6) is 0 Å². The van der Waals surface area contributed by atoms with Crippen LogP contribution in [-0.2, 0) is 9.59 Å². The molecule has 1 saturated carbocycles. The largest absolute Gasteiger partial charge is 0.480 e. The van der Waals surface area contributed by atoms with E-state index >= 15 is 0 Å². The SMILES string of the molecule is O=C1CCC[C@H]([C@H](N=C(c2ccccc2)c2ccccc2)C(=O)O)C1. The third-order valence-electron chi connectivity index (χ3n) is 4.58. The highest BCUT2D eigenvalue weighted by molar-refractivity contribution is 6.13. The topological polar surface area (TPSA) is 66.7 Å². The number of hydrogen-bond donors (Lipinski definition) is 1. The van der Waals surface area contributed by atoms with Gasteiger partial charge in [0.15, 0.2) is 6.04 Å². The van der Waals surface area contributed by atoms with Gasteiger partial charge < -0.3 is 5.11 Å². The molecule has 0 aromatic heterocycles. The molecular formula is C21H21NO3. The first-order valence-electron chi connectivity index (χ1n) is 8.58. The van der Waals surface area contributed by atoms with Gasteiger partial charge in [0.2, 0.25) is 0 Å². The molecule has 0 amide bonds. The molecule has 0 radical (unpaired) electrons. The van der Waals surface area contributed by atoms with Crippen molar-refractivity contribution in [3.63, 3.8) is 0 Å². The number of nitrogens with zero attached hydrogens (tertiary/aromatic N) is 1. The average molecular weight is 335 g/mol. The predicted octanol–water partition coefficient (Wildman–Crippen LogP) is 3.74. The molecule has 25 heavy (non-hydrogen) atoms. The van der Waals surface area contributed by atoms with E-state index in [1.54, 1.807) is 0 Å². The molecule has 0 bridgehead atoms. The normalized spacial score (nSPS) is 18.4. The maximum Gasteiger partial charge on any atom is 0.328 e. The molecule has 1 fully saturated rings. The van der Waals surface area contributed by atoms with E-state index in [9.17, 15) is 14.7 Å². The number of ketones is 1. The molecule has 1 aliphatic rings. The molecule has 2 atom stereocenters. The summed E-state index contributed by atoms with van der Waals surface area (Å²) < 4.78 is 0. The van der Waals surface area contributed by atoms with Crippen molar-refractivity contribution < 1.29 is 14.7 Å². The van der Waals surface area contributed by atoms with Gasteiger partial charge in [0.25, 0.3) is 0 Å². The third-order valence-corrected chi connectivity index (χ3v) is 4.58. The Hall–Kier alpha value is -2.75. The second-order valence-corrected chi connectivity index (χ2v) is 6.39. The Bertz CT molecular complexity index is 727. The van der Waals surface area contributed by atoms with Crippen molar-refractivity contribution >= 4 is 17.5 Å². The van der Waals surface area contributed by atoms with Crippen LogP contribution in [0.1, 0.15) is 36.8 Å². The summed E-state index contributed by atoms with van der Waals surface area (Å²) in [5, 5.41) is 9.74. The molecular weight excluding hydrogens is 314 g/mol. The van der Waals surface area contributed by atoms with Gasteiger partial charge in [0, 0.05) is 24.0 Å². The van der Waals surface area contributed by atoms with Gasteiger partial charge in [-0.2, -0.15) is 0 Å². The van der Waals surface area contributed by atoms with E-state index in [2.05, 4.69) is 4.99 Å². The van der Waals surface area contributed by atoms with Gasteiger partial charge in [0.1, 0.15) is 5.78 Å². The molecule has 4 nitrogen and oxygen atoms in total. The average Bonchev–Trinajstić information content (AvgIpc) is 2.63. The Labute approximate surface area is 147 Å². The number of Topliss-reactive ketones (excluding diaryl/α,β-unsaturated/α-hetero) is 1. The molecule has 2 aromatic carbocycles. The lowest BCUT2D eigenvalue weighted by molar-refractivity contribution is -0.140. The summed E-state index contributed by atoms with van der Waals surface area (Å²) in [6.07, 6.45) is 2.33. The fraction of sp³-hybridized carbons (Fsp3) is 0.286. The summed E-state index contributed by atoms with van der Waals surface area (Å²) in [5.74, 6) is -1.07. The molecule has 4 heteroatoms. The number of carbonyl (C=O) groups excluding carboxylic acids is 1. The first kappa shape index (κ1) is 17.1. The number of carboxylic acid groups (broad SMARTS) is 1. The van der Waals surface area contributed by atoms with Crippen molar-refractivity contribution in [3.8, 4) is 0 Å². The standard InChI is InChI=1S/C21H21NO3/c23-18-13-7-12-17(14-18)20(21(24)25)22-19(15-8-3-1-4-9-15)16-10-5-2-6-11-16/h1-6,8-11,17,20H,7,12-14H2,(H,24,25)/t17-,20-/m0/s1.